The highest BCUT2D eigenvalue weighted by Crippen LogP contribution is 2.14. The summed E-state index contributed by atoms with van der Waals surface area (Å²) in [5, 5.41) is 1.74. The van der Waals surface area contributed by atoms with Crippen LogP contribution in [0, 0.1) is 6.92 Å². The van der Waals surface area contributed by atoms with Gasteiger partial charge >= 0.3 is 0 Å². The van der Waals surface area contributed by atoms with Gasteiger partial charge in [0.05, 0.1) is 11.8 Å². The maximum atomic E-state index is 11.3. The molecule has 0 aliphatic carbocycles. The van der Waals surface area contributed by atoms with Crippen molar-refractivity contribution in [2.75, 3.05) is 6.26 Å². The van der Waals surface area contributed by atoms with Crippen LogP contribution < -0.4 is 4.72 Å². The van der Waals surface area contributed by atoms with Crippen molar-refractivity contribution in [1.82, 2.24) is 4.72 Å². The van der Waals surface area contributed by atoms with E-state index in [-0.39, 0.29) is 0 Å². The van der Waals surface area contributed by atoms with Crippen molar-refractivity contribution in [3.05, 3.63) is 21.9 Å². The molecule has 0 atom stereocenters. The second-order valence-electron chi connectivity index (χ2n) is 2.59. The first-order valence-electron chi connectivity index (χ1n) is 3.46. The van der Waals surface area contributed by atoms with E-state index in [0.717, 1.165) is 11.1 Å². The first-order chi connectivity index (χ1) is 5.90. The number of rotatable bonds is 2. The third-order valence-electron chi connectivity index (χ3n) is 1.38. The molecule has 0 aliphatic heterocycles. The monoisotopic (exact) mass is 219 g/mol. The smallest absolute Gasteiger partial charge is 0.265 e. The number of thiophene rings is 1. The molecule has 0 spiro atoms. The molecule has 0 aliphatic rings. The first-order valence-corrected chi connectivity index (χ1v) is 6.23. The summed E-state index contributed by atoms with van der Waals surface area (Å²) in [5.74, 6) is -0.568. The fourth-order valence-electron chi connectivity index (χ4n) is 0.844. The van der Waals surface area contributed by atoms with Crippen LogP contribution in [0.1, 0.15) is 15.2 Å². The van der Waals surface area contributed by atoms with Crippen LogP contribution >= 0.6 is 11.3 Å². The molecular formula is C7H9NO3S2. The topological polar surface area (TPSA) is 63.2 Å². The summed E-state index contributed by atoms with van der Waals surface area (Å²) in [4.78, 5) is 12.1. The molecule has 0 bridgehead atoms. The zero-order chi connectivity index (χ0) is 10.1. The van der Waals surface area contributed by atoms with Crippen LogP contribution in [0.5, 0.6) is 0 Å². The van der Waals surface area contributed by atoms with Crippen LogP contribution in [0.25, 0.3) is 0 Å². The van der Waals surface area contributed by atoms with Gasteiger partial charge in [-0.05, 0) is 18.4 Å². The molecule has 0 fully saturated rings. The highest BCUT2D eigenvalue weighted by Gasteiger charge is 2.13. The molecule has 6 heteroatoms. The van der Waals surface area contributed by atoms with Crippen molar-refractivity contribution in [1.29, 1.82) is 0 Å². The summed E-state index contributed by atoms with van der Waals surface area (Å²) >= 11 is 1.40. The molecule has 1 aromatic heterocycles. The molecule has 1 N–H and O–H groups in total. The molecule has 0 saturated heterocycles. The van der Waals surface area contributed by atoms with E-state index in [2.05, 4.69) is 0 Å². The van der Waals surface area contributed by atoms with E-state index >= 15 is 0 Å². The van der Waals surface area contributed by atoms with Gasteiger partial charge in [-0.15, -0.1) is 11.3 Å². The number of hydrogen-bond acceptors (Lipinski definition) is 4. The zero-order valence-corrected chi connectivity index (χ0v) is 8.83. The highest BCUT2D eigenvalue weighted by molar-refractivity contribution is 7.89. The average molecular weight is 219 g/mol. The molecule has 13 heavy (non-hydrogen) atoms. The fraction of sp³-hybridized carbons (Fsp3) is 0.286. The predicted molar refractivity (Wildman–Crippen MR) is 51.4 cm³/mol. The number of hydrogen-bond donors (Lipinski definition) is 1. The number of aryl methyl sites for hydroxylation is 1. The SMILES string of the molecule is Cc1sccc1C(=O)NS(C)(=O)=O. The van der Waals surface area contributed by atoms with Gasteiger partial charge in [0.1, 0.15) is 0 Å². The van der Waals surface area contributed by atoms with E-state index in [0.29, 0.717) is 5.56 Å². The average Bonchev–Trinajstić information content (AvgIpc) is 2.30. The van der Waals surface area contributed by atoms with Crippen molar-refractivity contribution in [2.24, 2.45) is 0 Å². The lowest BCUT2D eigenvalue weighted by atomic mass is 10.3. The Kier molecular flexibility index (Phi) is 2.72. The van der Waals surface area contributed by atoms with Gasteiger partial charge in [-0.3, -0.25) is 4.79 Å². The lowest BCUT2D eigenvalue weighted by Crippen LogP contribution is -2.29. The number of sulfonamides is 1. The van der Waals surface area contributed by atoms with Crippen molar-refractivity contribution in [3.8, 4) is 0 Å². The highest BCUT2D eigenvalue weighted by atomic mass is 32.2. The maximum absolute atomic E-state index is 11.3. The van der Waals surface area contributed by atoms with E-state index in [1.54, 1.807) is 18.4 Å². The van der Waals surface area contributed by atoms with Crippen molar-refractivity contribution in [2.45, 2.75) is 6.92 Å². The summed E-state index contributed by atoms with van der Waals surface area (Å²) in [6.07, 6.45) is 0.951. The predicted octanol–water partition coefficient (Wildman–Crippen LogP) is 0.746. The largest absolute Gasteiger partial charge is 0.268 e. The molecular weight excluding hydrogens is 210 g/mol. The summed E-state index contributed by atoms with van der Waals surface area (Å²) in [5.41, 5.74) is 0.412. The van der Waals surface area contributed by atoms with Crippen molar-refractivity contribution in [3.63, 3.8) is 0 Å². The van der Waals surface area contributed by atoms with Crippen LogP contribution in [-0.4, -0.2) is 20.6 Å². The van der Waals surface area contributed by atoms with Crippen molar-refractivity contribution < 1.29 is 13.2 Å². The van der Waals surface area contributed by atoms with Gasteiger partial charge in [0.2, 0.25) is 10.0 Å². The minimum atomic E-state index is -3.46. The molecule has 72 valence electrons. The van der Waals surface area contributed by atoms with E-state index in [1.165, 1.54) is 11.3 Å². The molecule has 1 rings (SSSR count). The van der Waals surface area contributed by atoms with Gasteiger partial charge < -0.3 is 0 Å². The zero-order valence-electron chi connectivity index (χ0n) is 7.20. The Morgan fingerprint density at radius 3 is 2.54 bits per heavy atom. The van der Waals surface area contributed by atoms with Crippen LogP contribution in [0.3, 0.4) is 0 Å². The number of carbonyl (C=O) groups excluding carboxylic acids is 1. The van der Waals surface area contributed by atoms with E-state index < -0.39 is 15.9 Å². The van der Waals surface area contributed by atoms with Gasteiger partial charge in [0, 0.05) is 4.88 Å². The van der Waals surface area contributed by atoms with E-state index in [9.17, 15) is 13.2 Å². The van der Waals surface area contributed by atoms with Crippen LogP contribution in [0.15, 0.2) is 11.4 Å². The Hall–Kier alpha value is -0.880. The van der Waals surface area contributed by atoms with Gasteiger partial charge in [0.15, 0.2) is 0 Å². The number of amides is 1. The van der Waals surface area contributed by atoms with Gasteiger partial charge in [-0.1, -0.05) is 0 Å². The Labute approximate surface area is 80.6 Å². The molecule has 1 aromatic rings. The molecule has 0 unspecified atom stereocenters. The first kappa shape index (κ1) is 10.2. The molecule has 0 aromatic carbocycles. The Morgan fingerprint density at radius 1 is 1.54 bits per heavy atom. The van der Waals surface area contributed by atoms with Crippen molar-refractivity contribution >= 4 is 27.3 Å². The minimum Gasteiger partial charge on any atom is -0.268 e. The van der Waals surface area contributed by atoms with E-state index in [4.69, 9.17) is 0 Å². The molecule has 0 radical (unpaired) electrons. The fourth-order valence-corrected chi connectivity index (χ4v) is 1.99. The lowest BCUT2D eigenvalue weighted by molar-refractivity contribution is 0.0981. The quantitative estimate of drug-likeness (QED) is 0.798. The molecule has 1 heterocycles. The second-order valence-corrected chi connectivity index (χ2v) is 5.46. The lowest BCUT2D eigenvalue weighted by Gasteiger charge is -2.00. The Bertz CT molecular complexity index is 419. The van der Waals surface area contributed by atoms with E-state index in [1.807, 2.05) is 4.72 Å². The van der Waals surface area contributed by atoms with Gasteiger partial charge in [0.25, 0.3) is 5.91 Å². The Morgan fingerprint density at radius 2 is 2.15 bits per heavy atom. The van der Waals surface area contributed by atoms with Crippen LogP contribution in [-0.2, 0) is 10.0 Å². The summed E-state index contributed by atoms with van der Waals surface area (Å²) in [7, 11) is -3.46. The number of carbonyl (C=O) groups is 1. The maximum Gasteiger partial charge on any atom is 0.265 e. The third-order valence-corrected chi connectivity index (χ3v) is 2.78. The Balaban J connectivity index is 2.88. The number of nitrogens with one attached hydrogen (secondary N) is 1. The summed E-state index contributed by atoms with van der Waals surface area (Å²) < 4.78 is 23.3. The minimum absolute atomic E-state index is 0.412. The molecule has 0 saturated carbocycles. The van der Waals surface area contributed by atoms with Gasteiger partial charge in [-0.2, -0.15) is 0 Å². The summed E-state index contributed by atoms with van der Waals surface area (Å²) in [6, 6.07) is 1.60. The molecule has 1 amide bonds. The molecule has 4 nitrogen and oxygen atoms in total. The van der Waals surface area contributed by atoms with Crippen LogP contribution in [0.2, 0.25) is 0 Å². The second kappa shape index (κ2) is 3.47. The summed E-state index contributed by atoms with van der Waals surface area (Å²) in [6.45, 7) is 1.77. The third kappa shape index (κ3) is 2.82. The van der Waals surface area contributed by atoms with Gasteiger partial charge in [-0.25, -0.2) is 13.1 Å². The van der Waals surface area contributed by atoms with Crippen LogP contribution in [0.4, 0.5) is 0 Å². The standard InChI is InChI=1S/C7H9NO3S2/c1-5-6(3-4-12-5)7(9)8-13(2,10)11/h3-4H,1-2H3,(H,8,9). The normalized spacial score (nSPS) is 11.2.